The predicted molar refractivity (Wildman–Crippen MR) is 86.7 cm³/mol. The molecule has 3 heterocycles. The number of hydrogen-bond donors (Lipinski definition) is 2. The number of pyridine rings is 1. The molecule has 0 radical (unpaired) electrons. The average molecular weight is 304 g/mol. The highest BCUT2D eigenvalue weighted by molar-refractivity contribution is 7.21. The van der Waals surface area contributed by atoms with Gasteiger partial charge in [0, 0.05) is 30.9 Å². The zero-order chi connectivity index (χ0) is 14.7. The van der Waals surface area contributed by atoms with Crippen LogP contribution in [0.1, 0.15) is 28.9 Å². The monoisotopic (exact) mass is 304 g/mol. The van der Waals surface area contributed by atoms with Crippen LogP contribution in [-0.2, 0) is 0 Å². The van der Waals surface area contributed by atoms with E-state index < -0.39 is 0 Å². The summed E-state index contributed by atoms with van der Waals surface area (Å²) in [5.41, 5.74) is 6.63. The third kappa shape index (κ3) is 3.16. The van der Waals surface area contributed by atoms with Crippen LogP contribution >= 0.6 is 11.3 Å². The molecule has 112 valence electrons. The Morgan fingerprint density at radius 2 is 2.19 bits per heavy atom. The van der Waals surface area contributed by atoms with Crippen molar-refractivity contribution in [2.24, 2.45) is 0 Å². The zero-order valence-electron chi connectivity index (χ0n) is 12.0. The number of amides is 1. The lowest BCUT2D eigenvalue weighted by Crippen LogP contribution is -2.37. The summed E-state index contributed by atoms with van der Waals surface area (Å²) in [6.45, 7) is 3.88. The van der Waals surface area contributed by atoms with E-state index in [0.29, 0.717) is 17.1 Å². The summed E-state index contributed by atoms with van der Waals surface area (Å²) in [6.07, 6.45) is 7.31. The number of nitrogens with zero attached hydrogens (tertiary/aromatic N) is 2. The predicted octanol–water partition coefficient (Wildman–Crippen LogP) is 2.09. The van der Waals surface area contributed by atoms with Gasteiger partial charge in [0.05, 0.1) is 10.4 Å². The number of carbonyl (C=O) groups is 1. The maximum absolute atomic E-state index is 12.3. The Morgan fingerprint density at radius 1 is 1.38 bits per heavy atom. The van der Waals surface area contributed by atoms with Crippen molar-refractivity contribution in [1.29, 1.82) is 0 Å². The molecule has 1 fully saturated rings. The fourth-order valence-electron chi connectivity index (χ4n) is 2.73. The smallest absolute Gasteiger partial charge is 0.263 e. The van der Waals surface area contributed by atoms with Crippen molar-refractivity contribution in [3.63, 3.8) is 0 Å². The molecule has 0 bridgehead atoms. The first-order chi connectivity index (χ1) is 10.3. The molecule has 0 saturated carbocycles. The highest BCUT2D eigenvalue weighted by atomic mass is 32.1. The number of nitrogen functional groups attached to an aromatic ring is 1. The lowest BCUT2D eigenvalue weighted by atomic mass is 10.1. The third-order valence-corrected chi connectivity index (χ3v) is 5.05. The van der Waals surface area contributed by atoms with Crippen LogP contribution in [0.2, 0.25) is 0 Å². The van der Waals surface area contributed by atoms with E-state index in [4.69, 9.17) is 5.73 Å². The van der Waals surface area contributed by atoms with Gasteiger partial charge in [-0.15, -0.1) is 11.3 Å². The third-order valence-electron chi connectivity index (χ3n) is 3.90. The number of piperidine rings is 1. The van der Waals surface area contributed by atoms with Gasteiger partial charge in [0.15, 0.2) is 0 Å². The summed E-state index contributed by atoms with van der Waals surface area (Å²) in [5, 5.41) is 3.89. The van der Waals surface area contributed by atoms with Crippen LogP contribution in [0.25, 0.3) is 10.1 Å². The SMILES string of the molecule is Nc1c(C(=O)NCCN2CCCCC2)sc2cnccc12. The molecule has 1 aliphatic rings. The van der Waals surface area contributed by atoms with Gasteiger partial charge >= 0.3 is 0 Å². The number of likely N-dealkylation sites (tertiary alicyclic amines) is 1. The Labute approximate surface area is 128 Å². The van der Waals surface area contributed by atoms with Crippen molar-refractivity contribution in [2.75, 3.05) is 31.9 Å². The first kappa shape index (κ1) is 14.3. The molecule has 2 aromatic heterocycles. The van der Waals surface area contributed by atoms with Gasteiger partial charge in [-0.25, -0.2) is 0 Å². The van der Waals surface area contributed by atoms with Gasteiger partial charge in [0.2, 0.25) is 0 Å². The minimum absolute atomic E-state index is 0.0780. The van der Waals surface area contributed by atoms with Crippen molar-refractivity contribution in [2.45, 2.75) is 19.3 Å². The van der Waals surface area contributed by atoms with Crippen LogP contribution in [0.4, 0.5) is 5.69 Å². The average Bonchev–Trinajstić information content (AvgIpc) is 2.86. The van der Waals surface area contributed by atoms with E-state index in [2.05, 4.69) is 15.2 Å². The normalized spacial score (nSPS) is 16.2. The van der Waals surface area contributed by atoms with Crippen LogP contribution < -0.4 is 11.1 Å². The molecule has 1 amide bonds. The van der Waals surface area contributed by atoms with E-state index in [1.54, 1.807) is 12.4 Å². The van der Waals surface area contributed by atoms with Crippen molar-refractivity contribution in [3.05, 3.63) is 23.3 Å². The zero-order valence-corrected chi connectivity index (χ0v) is 12.8. The topological polar surface area (TPSA) is 71.2 Å². The first-order valence-electron chi connectivity index (χ1n) is 7.38. The van der Waals surface area contributed by atoms with Crippen LogP contribution in [0, 0.1) is 0 Å². The number of anilines is 1. The van der Waals surface area contributed by atoms with Crippen molar-refractivity contribution >= 4 is 33.0 Å². The van der Waals surface area contributed by atoms with Gasteiger partial charge in [0.25, 0.3) is 5.91 Å². The molecule has 1 saturated heterocycles. The van der Waals surface area contributed by atoms with E-state index in [-0.39, 0.29) is 5.91 Å². The molecule has 0 aliphatic carbocycles. The fourth-order valence-corrected chi connectivity index (χ4v) is 3.74. The number of fused-ring (bicyclic) bond motifs is 1. The summed E-state index contributed by atoms with van der Waals surface area (Å²) in [7, 11) is 0. The highest BCUT2D eigenvalue weighted by Crippen LogP contribution is 2.32. The minimum atomic E-state index is -0.0780. The molecule has 5 nitrogen and oxygen atoms in total. The van der Waals surface area contributed by atoms with E-state index >= 15 is 0 Å². The lowest BCUT2D eigenvalue weighted by Gasteiger charge is -2.26. The second-order valence-electron chi connectivity index (χ2n) is 5.37. The molecule has 2 aromatic rings. The molecule has 21 heavy (non-hydrogen) atoms. The molecular formula is C15H20N4OS. The van der Waals surface area contributed by atoms with E-state index in [9.17, 15) is 4.79 Å². The standard InChI is InChI=1S/C15H20N4OS/c16-13-11-4-5-17-10-12(11)21-14(13)15(20)18-6-9-19-7-2-1-3-8-19/h4-5,10H,1-3,6-9,16H2,(H,18,20). The molecule has 0 aromatic carbocycles. The van der Waals surface area contributed by atoms with E-state index in [1.165, 1.54) is 30.6 Å². The van der Waals surface area contributed by atoms with Crippen LogP contribution in [-0.4, -0.2) is 42.0 Å². The van der Waals surface area contributed by atoms with Crippen molar-refractivity contribution < 1.29 is 4.79 Å². The van der Waals surface area contributed by atoms with Crippen molar-refractivity contribution in [1.82, 2.24) is 15.2 Å². The Bertz CT molecular complexity index is 634. The number of aromatic nitrogens is 1. The minimum Gasteiger partial charge on any atom is -0.397 e. The number of hydrogen-bond acceptors (Lipinski definition) is 5. The van der Waals surface area contributed by atoms with Crippen LogP contribution in [0.3, 0.4) is 0 Å². The van der Waals surface area contributed by atoms with Gasteiger partial charge in [-0.3, -0.25) is 9.78 Å². The van der Waals surface area contributed by atoms with Gasteiger partial charge in [-0.05, 0) is 32.0 Å². The second-order valence-corrected chi connectivity index (χ2v) is 6.43. The number of carbonyl (C=O) groups excluding carboxylic acids is 1. The van der Waals surface area contributed by atoms with Crippen LogP contribution in [0.15, 0.2) is 18.5 Å². The number of rotatable bonds is 4. The van der Waals surface area contributed by atoms with Crippen molar-refractivity contribution in [3.8, 4) is 0 Å². The lowest BCUT2D eigenvalue weighted by molar-refractivity contribution is 0.0951. The van der Waals surface area contributed by atoms with E-state index in [0.717, 1.165) is 29.7 Å². The maximum atomic E-state index is 12.3. The second kappa shape index (κ2) is 6.41. The Kier molecular flexibility index (Phi) is 4.36. The molecular weight excluding hydrogens is 284 g/mol. The first-order valence-corrected chi connectivity index (χ1v) is 8.20. The summed E-state index contributed by atoms with van der Waals surface area (Å²) in [5.74, 6) is -0.0780. The molecule has 1 aliphatic heterocycles. The summed E-state index contributed by atoms with van der Waals surface area (Å²) >= 11 is 1.40. The quantitative estimate of drug-likeness (QED) is 0.907. The maximum Gasteiger partial charge on any atom is 0.263 e. The fraction of sp³-hybridized carbons (Fsp3) is 0.467. The number of nitrogens with one attached hydrogen (secondary N) is 1. The summed E-state index contributed by atoms with van der Waals surface area (Å²) in [4.78, 5) is 19.3. The van der Waals surface area contributed by atoms with E-state index in [1.807, 2.05) is 6.07 Å². The van der Waals surface area contributed by atoms with Crippen LogP contribution in [0.5, 0.6) is 0 Å². The number of nitrogens with two attached hydrogens (primary N) is 1. The molecule has 0 atom stereocenters. The molecule has 6 heteroatoms. The Hall–Kier alpha value is -1.66. The summed E-state index contributed by atoms with van der Waals surface area (Å²) in [6, 6.07) is 1.85. The van der Waals surface area contributed by atoms with Gasteiger partial charge in [-0.1, -0.05) is 6.42 Å². The molecule has 0 spiro atoms. The molecule has 3 rings (SSSR count). The van der Waals surface area contributed by atoms with Gasteiger partial charge in [-0.2, -0.15) is 0 Å². The van der Waals surface area contributed by atoms with Gasteiger partial charge < -0.3 is 16.0 Å². The Balaban J connectivity index is 1.60. The largest absolute Gasteiger partial charge is 0.397 e. The number of thiophene rings is 1. The molecule has 0 unspecified atom stereocenters. The highest BCUT2D eigenvalue weighted by Gasteiger charge is 2.16. The summed E-state index contributed by atoms with van der Waals surface area (Å²) < 4.78 is 0.955. The molecule has 3 N–H and O–H groups in total. The van der Waals surface area contributed by atoms with Gasteiger partial charge in [0.1, 0.15) is 4.88 Å². The Morgan fingerprint density at radius 3 is 2.95 bits per heavy atom.